The van der Waals surface area contributed by atoms with E-state index < -0.39 is 0 Å². The SMILES string of the molecule is Cn1nnnc1S[C@H]1CCN(c2ccc(Cl)cc2)C1=O. The van der Waals surface area contributed by atoms with Crippen LogP contribution in [0.3, 0.4) is 0 Å². The van der Waals surface area contributed by atoms with Crippen molar-refractivity contribution in [3.8, 4) is 0 Å². The highest BCUT2D eigenvalue weighted by Crippen LogP contribution is 2.32. The molecule has 0 unspecified atom stereocenters. The zero-order valence-corrected chi connectivity index (χ0v) is 12.3. The van der Waals surface area contributed by atoms with Gasteiger partial charge in [0.15, 0.2) is 0 Å². The standard InChI is InChI=1S/C12H12ClN5OS/c1-17-12(14-15-16-17)20-10-6-7-18(11(10)19)9-4-2-8(13)3-5-9/h2-5,10H,6-7H2,1H3/t10-/m0/s1. The molecule has 1 aliphatic heterocycles. The van der Waals surface area contributed by atoms with Gasteiger partial charge in [-0.2, -0.15) is 0 Å². The summed E-state index contributed by atoms with van der Waals surface area (Å²) in [7, 11) is 1.76. The quantitative estimate of drug-likeness (QED) is 0.864. The third-order valence-corrected chi connectivity index (χ3v) is 4.65. The molecule has 1 atom stereocenters. The normalized spacial score (nSPS) is 18.8. The van der Waals surface area contributed by atoms with E-state index in [0.717, 1.165) is 12.1 Å². The highest BCUT2D eigenvalue weighted by molar-refractivity contribution is 8.00. The number of nitrogens with zero attached hydrogens (tertiary/aromatic N) is 5. The number of hydrogen-bond donors (Lipinski definition) is 0. The lowest BCUT2D eigenvalue weighted by molar-refractivity contribution is -0.116. The van der Waals surface area contributed by atoms with Gasteiger partial charge < -0.3 is 4.90 Å². The van der Waals surface area contributed by atoms with Crippen LogP contribution in [0.2, 0.25) is 5.02 Å². The molecule has 1 aromatic heterocycles. The van der Waals surface area contributed by atoms with Gasteiger partial charge in [0.2, 0.25) is 11.1 Å². The van der Waals surface area contributed by atoms with Gasteiger partial charge in [-0.1, -0.05) is 23.4 Å². The monoisotopic (exact) mass is 309 g/mol. The Bertz CT molecular complexity index is 629. The van der Waals surface area contributed by atoms with Crippen molar-refractivity contribution < 1.29 is 4.79 Å². The summed E-state index contributed by atoms with van der Waals surface area (Å²) in [4.78, 5) is 14.2. The first kappa shape index (κ1) is 13.4. The van der Waals surface area contributed by atoms with Crippen LogP contribution in [0.25, 0.3) is 0 Å². The van der Waals surface area contributed by atoms with Crippen molar-refractivity contribution in [2.45, 2.75) is 16.8 Å². The Balaban J connectivity index is 1.74. The average Bonchev–Trinajstić information content (AvgIpc) is 3.00. The van der Waals surface area contributed by atoms with E-state index in [-0.39, 0.29) is 11.2 Å². The Morgan fingerprint density at radius 2 is 2.10 bits per heavy atom. The van der Waals surface area contributed by atoms with Gasteiger partial charge in [0.25, 0.3) is 0 Å². The molecule has 0 aliphatic carbocycles. The number of amides is 1. The molecule has 0 spiro atoms. The lowest BCUT2D eigenvalue weighted by Crippen LogP contribution is -2.28. The zero-order chi connectivity index (χ0) is 14.1. The Kier molecular flexibility index (Phi) is 3.62. The molecule has 20 heavy (non-hydrogen) atoms. The molecule has 6 nitrogen and oxygen atoms in total. The molecule has 0 N–H and O–H groups in total. The molecule has 2 aromatic rings. The van der Waals surface area contributed by atoms with Crippen molar-refractivity contribution in [1.29, 1.82) is 0 Å². The molecule has 2 heterocycles. The number of carbonyl (C=O) groups is 1. The summed E-state index contributed by atoms with van der Waals surface area (Å²) in [5, 5.41) is 12.4. The number of aromatic nitrogens is 4. The second kappa shape index (κ2) is 5.41. The molecule has 3 rings (SSSR count). The number of halogens is 1. The summed E-state index contributed by atoms with van der Waals surface area (Å²) in [6.07, 6.45) is 0.777. The molecule has 0 saturated carbocycles. The average molecular weight is 310 g/mol. The van der Waals surface area contributed by atoms with E-state index in [2.05, 4.69) is 15.5 Å². The number of carbonyl (C=O) groups excluding carboxylic acids is 1. The van der Waals surface area contributed by atoms with Crippen molar-refractivity contribution >= 4 is 35.0 Å². The smallest absolute Gasteiger partial charge is 0.240 e. The lowest BCUT2D eigenvalue weighted by atomic mass is 10.3. The molecule has 8 heteroatoms. The molecule has 0 radical (unpaired) electrons. The summed E-state index contributed by atoms with van der Waals surface area (Å²) in [5.74, 6) is 0.0836. The van der Waals surface area contributed by atoms with Gasteiger partial charge in [-0.05, 0) is 41.1 Å². The van der Waals surface area contributed by atoms with Crippen molar-refractivity contribution in [2.75, 3.05) is 11.4 Å². The van der Waals surface area contributed by atoms with Crippen LogP contribution >= 0.6 is 23.4 Å². The van der Waals surface area contributed by atoms with Crippen LogP contribution in [-0.2, 0) is 11.8 Å². The number of rotatable bonds is 3. The number of benzene rings is 1. The van der Waals surface area contributed by atoms with E-state index in [0.29, 0.717) is 16.7 Å². The summed E-state index contributed by atoms with van der Waals surface area (Å²) >= 11 is 7.27. The fraction of sp³-hybridized carbons (Fsp3) is 0.333. The third-order valence-electron chi connectivity index (χ3n) is 3.12. The number of tetrazole rings is 1. The largest absolute Gasteiger partial charge is 0.311 e. The summed E-state index contributed by atoms with van der Waals surface area (Å²) in [6, 6.07) is 7.29. The van der Waals surface area contributed by atoms with Gasteiger partial charge in [-0.3, -0.25) is 4.79 Å². The second-order valence-corrected chi connectivity index (χ2v) is 6.05. The van der Waals surface area contributed by atoms with Gasteiger partial charge in [-0.25, -0.2) is 4.68 Å². The Labute approximate surface area is 125 Å². The fourth-order valence-electron chi connectivity index (χ4n) is 2.09. The van der Waals surface area contributed by atoms with E-state index in [1.807, 2.05) is 12.1 Å². The summed E-state index contributed by atoms with van der Waals surface area (Å²) in [6.45, 7) is 0.698. The molecule has 0 bridgehead atoms. The van der Waals surface area contributed by atoms with Crippen LogP contribution < -0.4 is 4.90 Å². The van der Waals surface area contributed by atoms with Crippen LogP contribution in [0.1, 0.15) is 6.42 Å². The molecule has 104 valence electrons. The molecule has 1 fully saturated rings. The Hall–Kier alpha value is -1.60. The van der Waals surface area contributed by atoms with Crippen molar-refractivity contribution in [1.82, 2.24) is 20.2 Å². The van der Waals surface area contributed by atoms with Crippen LogP contribution in [0.5, 0.6) is 0 Å². The minimum absolute atomic E-state index is 0.0836. The minimum atomic E-state index is -0.143. The van der Waals surface area contributed by atoms with Crippen molar-refractivity contribution in [2.24, 2.45) is 7.05 Å². The predicted molar refractivity (Wildman–Crippen MR) is 76.9 cm³/mol. The molecule has 1 aliphatic rings. The first-order chi connectivity index (χ1) is 9.65. The molecular weight excluding hydrogens is 298 g/mol. The van der Waals surface area contributed by atoms with Crippen LogP contribution in [0.4, 0.5) is 5.69 Å². The predicted octanol–water partition coefficient (Wildman–Crippen LogP) is 1.76. The first-order valence-electron chi connectivity index (χ1n) is 6.11. The number of hydrogen-bond acceptors (Lipinski definition) is 5. The van der Waals surface area contributed by atoms with Gasteiger partial charge in [0.05, 0.1) is 5.25 Å². The van der Waals surface area contributed by atoms with Gasteiger partial charge in [0.1, 0.15) is 0 Å². The van der Waals surface area contributed by atoms with E-state index in [9.17, 15) is 4.79 Å². The maximum atomic E-state index is 12.4. The Morgan fingerprint density at radius 1 is 1.35 bits per heavy atom. The number of thioether (sulfide) groups is 1. The third kappa shape index (κ3) is 2.51. The minimum Gasteiger partial charge on any atom is -0.311 e. The summed E-state index contributed by atoms with van der Waals surface area (Å²) in [5.41, 5.74) is 0.874. The van der Waals surface area contributed by atoms with Crippen molar-refractivity contribution in [3.63, 3.8) is 0 Å². The zero-order valence-electron chi connectivity index (χ0n) is 10.7. The van der Waals surface area contributed by atoms with Crippen molar-refractivity contribution in [3.05, 3.63) is 29.3 Å². The van der Waals surface area contributed by atoms with Crippen LogP contribution in [-0.4, -0.2) is 37.9 Å². The fourth-order valence-corrected chi connectivity index (χ4v) is 3.19. The molecule has 1 amide bonds. The Morgan fingerprint density at radius 3 is 2.75 bits per heavy atom. The first-order valence-corrected chi connectivity index (χ1v) is 7.37. The maximum Gasteiger partial charge on any atom is 0.240 e. The lowest BCUT2D eigenvalue weighted by Gasteiger charge is -2.16. The van der Waals surface area contributed by atoms with E-state index in [4.69, 9.17) is 11.6 Å². The number of aryl methyl sites for hydroxylation is 1. The van der Waals surface area contributed by atoms with Gasteiger partial charge >= 0.3 is 0 Å². The van der Waals surface area contributed by atoms with E-state index in [1.54, 1.807) is 28.8 Å². The maximum absolute atomic E-state index is 12.4. The summed E-state index contributed by atoms with van der Waals surface area (Å²) < 4.78 is 1.57. The molecule has 1 aromatic carbocycles. The van der Waals surface area contributed by atoms with Gasteiger partial charge in [-0.15, -0.1) is 5.10 Å². The van der Waals surface area contributed by atoms with E-state index >= 15 is 0 Å². The number of anilines is 1. The van der Waals surface area contributed by atoms with Crippen LogP contribution in [0.15, 0.2) is 29.4 Å². The molecule has 1 saturated heterocycles. The highest BCUT2D eigenvalue weighted by atomic mass is 35.5. The van der Waals surface area contributed by atoms with Crippen LogP contribution in [0, 0.1) is 0 Å². The topological polar surface area (TPSA) is 63.9 Å². The second-order valence-electron chi connectivity index (χ2n) is 4.45. The highest BCUT2D eigenvalue weighted by Gasteiger charge is 2.34. The molecular formula is C12H12ClN5OS. The van der Waals surface area contributed by atoms with E-state index in [1.165, 1.54) is 11.8 Å². The van der Waals surface area contributed by atoms with Gasteiger partial charge in [0, 0.05) is 24.3 Å².